The predicted octanol–water partition coefficient (Wildman–Crippen LogP) is 1.72. The molecule has 0 aromatic heterocycles. The molecule has 1 aromatic carbocycles. The van der Waals surface area contributed by atoms with Crippen molar-refractivity contribution in [3.8, 4) is 17.6 Å². The second-order valence-corrected chi connectivity index (χ2v) is 2.93. The first-order valence-corrected chi connectivity index (χ1v) is 4.55. The van der Waals surface area contributed by atoms with E-state index in [-0.39, 0.29) is 6.42 Å². The Bertz CT molecular complexity index is 382. The van der Waals surface area contributed by atoms with Crippen molar-refractivity contribution in [3.63, 3.8) is 0 Å². The first kappa shape index (κ1) is 11.1. The smallest absolute Gasteiger partial charge is 0.307 e. The molecule has 0 fully saturated rings. The van der Waals surface area contributed by atoms with Crippen LogP contribution >= 0.6 is 0 Å². The summed E-state index contributed by atoms with van der Waals surface area (Å²) in [5.74, 6) is 5.37. The Morgan fingerprint density at radius 2 is 2.07 bits per heavy atom. The van der Waals surface area contributed by atoms with Gasteiger partial charge >= 0.3 is 5.97 Å². The van der Waals surface area contributed by atoms with Crippen LogP contribution < -0.4 is 4.74 Å². The van der Waals surface area contributed by atoms with Crippen molar-refractivity contribution in [2.24, 2.45) is 0 Å². The number of hydrogen-bond donors (Lipinski definition) is 1. The summed E-state index contributed by atoms with van der Waals surface area (Å²) in [6, 6.07) is 6.97. The van der Waals surface area contributed by atoms with Gasteiger partial charge in [0.15, 0.2) is 0 Å². The van der Waals surface area contributed by atoms with E-state index in [0.29, 0.717) is 12.4 Å². The van der Waals surface area contributed by atoms with Crippen LogP contribution in [0.15, 0.2) is 24.3 Å². The van der Waals surface area contributed by atoms with Crippen LogP contribution in [-0.2, 0) is 11.2 Å². The predicted molar refractivity (Wildman–Crippen MR) is 56.7 cm³/mol. The van der Waals surface area contributed by atoms with Crippen LogP contribution in [0.4, 0.5) is 0 Å². The van der Waals surface area contributed by atoms with Crippen molar-refractivity contribution in [3.05, 3.63) is 29.8 Å². The van der Waals surface area contributed by atoms with E-state index in [2.05, 4.69) is 11.8 Å². The average molecular weight is 204 g/mol. The SMILES string of the molecule is CC#CCOc1ccc(CC(=O)O)cc1. The summed E-state index contributed by atoms with van der Waals surface area (Å²) in [4.78, 5) is 10.4. The number of ether oxygens (including phenoxy) is 1. The van der Waals surface area contributed by atoms with Crippen LogP contribution in [0.5, 0.6) is 5.75 Å². The van der Waals surface area contributed by atoms with Crippen LogP contribution in [0.3, 0.4) is 0 Å². The molecule has 0 saturated heterocycles. The first-order valence-electron chi connectivity index (χ1n) is 4.55. The highest BCUT2D eigenvalue weighted by Gasteiger charge is 1.99. The molecule has 0 amide bonds. The minimum atomic E-state index is -0.833. The van der Waals surface area contributed by atoms with E-state index in [0.717, 1.165) is 5.56 Å². The zero-order chi connectivity index (χ0) is 11.1. The van der Waals surface area contributed by atoms with Crippen LogP contribution in [-0.4, -0.2) is 17.7 Å². The van der Waals surface area contributed by atoms with E-state index >= 15 is 0 Å². The summed E-state index contributed by atoms with van der Waals surface area (Å²) in [6.45, 7) is 2.11. The molecule has 3 heteroatoms. The minimum absolute atomic E-state index is 0.0368. The van der Waals surface area contributed by atoms with Crippen LogP contribution in [0.1, 0.15) is 12.5 Å². The largest absolute Gasteiger partial charge is 0.481 e. The van der Waals surface area contributed by atoms with Crippen LogP contribution in [0.2, 0.25) is 0 Å². The molecule has 0 aliphatic heterocycles. The fraction of sp³-hybridized carbons (Fsp3) is 0.250. The van der Waals surface area contributed by atoms with Crippen LogP contribution in [0.25, 0.3) is 0 Å². The van der Waals surface area contributed by atoms with Gasteiger partial charge in [0.2, 0.25) is 0 Å². The Morgan fingerprint density at radius 1 is 1.40 bits per heavy atom. The second kappa shape index (κ2) is 5.71. The minimum Gasteiger partial charge on any atom is -0.481 e. The maximum Gasteiger partial charge on any atom is 0.307 e. The zero-order valence-corrected chi connectivity index (χ0v) is 8.49. The zero-order valence-electron chi connectivity index (χ0n) is 8.49. The van der Waals surface area contributed by atoms with Crippen molar-refractivity contribution < 1.29 is 14.6 Å². The Labute approximate surface area is 88.7 Å². The first-order chi connectivity index (χ1) is 7.22. The van der Waals surface area contributed by atoms with E-state index < -0.39 is 5.97 Å². The molecule has 1 rings (SSSR count). The molecule has 0 atom stereocenters. The average Bonchev–Trinajstić information content (AvgIpc) is 2.20. The van der Waals surface area contributed by atoms with Gasteiger partial charge in [-0.3, -0.25) is 4.79 Å². The maximum atomic E-state index is 10.4. The molecule has 0 heterocycles. The molecule has 1 N–H and O–H groups in total. The molecule has 3 nitrogen and oxygen atoms in total. The molecular weight excluding hydrogens is 192 g/mol. The molecule has 15 heavy (non-hydrogen) atoms. The third-order valence-electron chi connectivity index (χ3n) is 1.77. The molecule has 0 radical (unpaired) electrons. The summed E-state index contributed by atoms with van der Waals surface area (Å²) < 4.78 is 5.29. The maximum absolute atomic E-state index is 10.4. The third-order valence-corrected chi connectivity index (χ3v) is 1.77. The van der Waals surface area contributed by atoms with Gasteiger partial charge < -0.3 is 9.84 Å². The number of aliphatic carboxylic acids is 1. The fourth-order valence-corrected chi connectivity index (χ4v) is 1.07. The molecule has 0 saturated carbocycles. The molecule has 78 valence electrons. The molecular formula is C12H12O3. The van der Waals surface area contributed by atoms with E-state index in [4.69, 9.17) is 9.84 Å². The van der Waals surface area contributed by atoms with E-state index in [1.54, 1.807) is 31.2 Å². The third kappa shape index (κ3) is 4.19. The van der Waals surface area contributed by atoms with E-state index in [9.17, 15) is 4.79 Å². The van der Waals surface area contributed by atoms with E-state index in [1.165, 1.54) is 0 Å². The Hall–Kier alpha value is -1.95. The Morgan fingerprint density at radius 3 is 2.60 bits per heavy atom. The highest BCUT2D eigenvalue weighted by molar-refractivity contribution is 5.70. The Balaban J connectivity index is 2.54. The van der Waals surface area contributed by atoms with Crippen molar-refractivity contribution in [1.29, 1.82) is 0 Å². The molecule has 0 aliphatic carbocycles. The highest BCUT2D eigenvalue weighted by atomic mass is 16.5. The monoisotopic (exact) mass is 204 g/mol. The molecule has 1 aromatic rings. The standard InChI is InChI=1S/C12H12O3/c1-2-3-8-15-11-6-4-10(5-7-11)9-12(13)14/h4-7H,8-9H2,1H3,(H,13,14). The van der Waals surface area contributed by atoms with Crippen molar-refractivity contribution in [1.82, 2.24) is 0 Å². The Kier molecular flexibility index (Phi) is 4.24. The number of benzene rings is 1. The van der Waals surface area contributed by atoms with Gasteiger partial charge in [-0.15, -0.1) is 5.92 Å². The van der Waals surface area contributed by atoms with Crippen LogP contribution in [0, 0.1) is 11.8 Å². The number of hydrogen-bond acceptors (Lipinski definition) is 2. The lowest BCUT2D eigenvalue weighted by Gasteiger charge is -2.02. The van der Waals surface area contributed by atoms with Crippen molar-refractivity contribution >= 4 is 5.97 Å². The topological polar surface area (TPSA) is 46.5 Å². The van der Waals surface area contributed by atoms with Gasteiger partial charge in [-0.1, -0.05) is 18.1 Å². The van der Waals surface area contributed by atoms with Gasteiger partial charge in [0.1, 0.15) is 12.4 Å². The number of rotatable bonds is 4. The lowest BCUT2D eigenvalue weighted by atomic mass is 10.1. The van der Waals surface area contributed by atoms with Gasteiger partial charge in [-0.25, -0.2) is 0 Å². The van der Waals surface area contributed by atoms with Crippen molar-refractivity contribution in [2.75, 3.05) is 6.61 Å². The van der Waals surface area contributed by atoms with Gasteiger partial charge in [0.05, 0.1) is 6.42 Å². The van der Waals surface area contributed by atoms with E-state index in [1.807, 2.05) is 0 Å². The van der Waals surface area contributed by atoms with Gasteiger partial charge in [0.25, 0.3) is 0 Å². The number of carbonyl (C=O) groups is 1. The molecule has 0 bridgehead atoms. The molecule has 0 aliphatic rings. The summed E-state index contributed by atoms with van der Waals surface area (Å²) >= 11 is 0. The fourth-order valence-electron chi connectivity index (χ4n) is 1.07. The number of carboxylic acids is 1. The summed E-state index contributed by atoms with van der Waals surface area (Å²) in [5.41, 5.74) is 0.761. The highest BCUT2D eigenvalue weighted by Crippen LogP contribution is 2.12. The summed E-state index contributed by atoms with van der Waals surface area (Å²) in [6.07, 6.45) is 0.0368. The lowest BCUT2D eigenvalue weighted by molar-refractivity contribution is -0.136. The quantitative estimate of drug-likeness (QED) is 0.759. The lowest BCUT2D eigenvalue weighted by Crippen LogP contribution is -2.00. The second-order valence-electron chi connectivity index (χ2n) is 2.93. The van der Waals surface area contributed by atoms with Gasteiger partial charge in [0, 0.05) is 0 Å². The molecule has 0 unspecified atom stereocenters. The van der Waals surface area contributed by atoms with Gasteiger partial charge in [-0.2, -0.15) is 0 Å². The normalized spacial score (nSPS) is 8.87. The summed E-state index contributed by atoms with van der Waals surface area (Å²) in [5, 5.41) is 8.56. The molecule has 0 spiro atoms. The van der Waals surface area contributed by atoms with Gasteiger partial charge in [-0.05, 0) is 24.6 Å². The summed E-state index contributed by atoms with van der Waals surface area (Å²) in [7, 11) is 0. The van der Waals surface area contributed by atoms with Crippen molar-refractivity contribution in [2.45, 2.75) is 13.3 Å². The number of carboxylic acid groups (broad SMARTS) is 1.